The van der Waals surface area contributed by atoms with Gasteiger partial charge in [0, 0.05) is 29.5 Å². The van der Waals surface area contributed by atoms with Crippen molar-refractivity contribution in [2.45, 2.75) is 39.7 Å². The van der Waals surface area contributed by atoms with Crippen LogP contribution in [0.2, 0.25) is 5.02 Å². The van der Waals surface area contributed by atoms with E-state index in [1.54, 1.807) is 16.2 Å². The van der Waals surface area contributed by atoms with Crippen LogP contribution < -0.4 is 10.1 Å². The van der Waals surface area contributed by atoms with E-state index >= 15 is 0 Å². The summed E-state index contributed by atoms with van der Waals surface area (Å²) < 4.78 is 6.09. The van der Waals surface area contributed by atoms with Gasteiger partial charge in [-0.3, -0.25) is 4.79 Å². The number of carbonyl (C=O) groups is 2. The number of nitrogens with one attached hydrogen (secondary N) is 1. The molecule has 0 saturated heterocycles. The predicted octanol–water partition coefficient (Wildman–Crippen LogP) is 4.66. The van der Waals surface area contributed by atoms with Gasteiger partial charge in [0.25, 0.3) is 0 Å². The molecule has 1 aliphatic rings. The Morgan fingerprint density at radius 1 is 1.32 bits per heavy atom. The zero-order valence-corrected chi connectivity index (χ0v) is 19.9. The second-order valence-corrected chi connectivity index (χ2v) is 9.04. The molecule has 2 aromatic rings. The fourth-order valence-electron chi connectivity index (χ4n) is 3.80. The lowest BCUT2D eigenvalue weighted by Crippen LogP contribution is -2.50. The van der Waals surface area contributed by atoms with Crippen LogP contribution in [-0.2, 0) is 11.2 Å². The number of hydrogen-bond donors (Lipinski definition) is 1. The van der Waals surface area contributed by atoms with Crippen molar-refractivity contribution in [3.05, 3.63) is 50.7 Å². The summed E-state index contributed by atoms with van der Waals surface area (Å²) in [4.78, 5) is 30.4. The first-order chi connectivity index (χ1) is 14.9. The molecule has 31 heavy (non-hydrogen) atoms. The summed E-state index contributed by atoms with van der Waals surface area (Å²) in [5, 5.41) is 5.56. The fourth-order valence-corrected chi connectivity index (χ4v) is 4.84. The molecule has 0 saturated carbocycles. The molecule has 0 radical (unpaired) electrons. The van der Waals surface area contributed by atoms with E-state index in [1.807, 2.05) is 43.9 Å². The minimum Gasteiger partial charge on any atom is -0.491 e. The molecule has 1 atom stereocenters. The van der Waals surface area contributed by atoms with Crippen molar-refractivity contribution in [2.24, 2.45) is 0 Å². The third kappa shape index (κ3) is 5.71. The first-order valence-corrected chi connectivity index (χ1v) is 12.0. The number of benzene rings is 1. The van der Waals surface area contributed by atoms with Crippen molar-refractivity contribution < 1.29 is 14.3 Å². The maximum absolute atomic E-state index is 13.3. The Kier molecular flexibility index (Phi) is 8.21. The van der Waals surface area contributed by atoms with Gasteiger partial charge in [-0.1, -0.05) is 18.5 Å². The number of hydrogen-bond acceptors (Lipinski definition) is 4. The van der Waals surface area contributed by atoms with E-state index in [2.05, 4.69) is 16.8 Å². The van der Waals surface area contributed by atoms with E-state index in [-0.39, 0.29) is 24.5 Å². The molecule has 0 unspecified atom stereocenters. The van der Waals surface area contributed by atoms with Gasteiger partial charge in [0.2, 0.25) is 5.91 Å². The van der Waals surface area contributed by atoms with E-state index in [4.69, 9.17) is 16.3 Å². The Hall–Kier alpha value is -2.25. The number of urea groups is 1. The van der Waals surface area contributed by atoms with E-state index in [0.717, 1.165) is 29.7 Å². The molecule has 0 aliphatic carbocycles. The minimum absolute atomic E-state index is 0.0579. The Morgan fingerprint density at radius 3 is 2.84 bits per heavy atom. The summed E-state index contributed by atoms with van der Waals surface area (Å²) in [7, 11) is 0. The molecule has 6 nitrogen and oxygen atoms in total. The predicted molar refractivity (Wildman–Crippen MR) is 125 cm³/mol. The van der Waals surface area contributed by atoms with Crippen LogP contribution in [0.15, 0.2) is 29.6 Å². The maximum Gasteiger partial charge on any atom is 0.317 e. The second kappa shape index (κ2) is 10.9. The lowest BCUT2D eigenvalue weighted by Gasteiger charge is -2.37. The SMILES string of the molecule is CCCN(CC(=O)N1CCc2sccc2[C@H]1COc1ccc(Cl)c(C)c1)C(=O)NCC. The molecule has 2 heterocycles. The number of amides is 3. The monoisotopic (exact) mass is 463 g/mol. The molecular weight excluding hydrogens is 434 g/mol. The van der Waals surface area contributed by atoms with Crippen molar-refractivity contribution in [1.82, 2.24) is 15.1 Å². The van der Waals surface area contributed by atoms with E-state index in [9.17, 15) is 9.59 Å². The van der Waals surface area contributed by atoms with Crippen LogP contribution >= 0.6 is 22.9 Å². The molecule has 1 aromatic carbocycles. The summed E-state index contributed by atoms with van der Waals surface area (Å²) in [5.41, 5.74) is 2.08. The summed E-state index contributed by atoms with van der Waals surface area (Å²) in [6.07, 6.45) is 1.62. The highest BCUT2D eigenvalue weighted by molar-refractivity contribution is 7.10. The Balaban J connectivity index is 1.76. The lowest BCUT2D eigenvalue weighted by atomic mass is 10.0. The van der Waals surface area contributed by atoms with Gasteiger partial charge >= 0.3 is 6.03 Å². The van der Waals surface area contributed by atoms with E-state index in [1.165, 1.54) is 4.88 Å². The minimum atomic E-state index is -0.199. The molecule has 168 valence electrons. The van der Waals surface area contributed by atoms with Crippen LogP contribution in [0.3, 0.4) is 0 Å². The summed E-state index contributed by atoms with van der Waals surface area (Å²) in [6, 6.07) is 7.27. The zero-order valence-electron chi connectivity index (χ0n) is 18.3. The Morgan fingerprint density at radius 2 is 2.13 bits per heavy atom. The molecule has 3 rings (SSSR count). The smallest absolute Gasteiger partial charge is 0.317 e. The second-order valence-electron chi connectivity index (χ2n) is 7.63. The number of halogens is 1. The van der Waals surface area contributed by atoms with Crippen LogP contribution in [0.1, 0.15) is 42.3 Å². The number of aryl methyl sites for hydroxylation is 1. The fraction of sp³-hybridized carbons (Fsp3) is 0.478. The van der Waals surface area contributed by atoms with Gasteiger partial charge in [0.1, 0.15) is 18.9 Å². The van der Waals surface area contributed by atoms with Crippen LogP contribution in [-0.4, -0.2) is 54.5 Å². The molecule has 8 heteroatoms. The van der Waals surface area contributed by atoms with Gasteiger partial charge in [0.15, 0.2) is 0 Å². The average Bonchev–Trinajstić information content (AvgIpc) is 3.23. The highest BCUT2D eigenvalue weighted by Gasteiger charge is 2.33. The number of carbonyl (C=O) groups excluding carboxylic acids is 2. The topological polar surface area (TPSA) is 61.9 Å². The van der Waals surface area contributed by atoms with Crippen molar-refractivity contribution in [2.75, 3.05) is 32.8 Å². The van der Waals surface area contributed by atoms with Gasteiger partial charge in [-0.05, 0) is 67.5 Å². The molecule has 1 N–H and O–H groups in total. The molecule has 3 amide bonds. The summed E-state index contributed by atoms with van der Waals surface area (Å²) in [6.45, 7) is 7.92. The standard InChI is InChI=1S/C23H30ClN3O3S/c1-4-10-26(23(29)25-5-2)14-22(28)27-11-8-21-18(9-12-31-21)20(27)15-30-17-6-7-19(24)16(3)13-17/h6-7,9,12-13,20H,4-5,8,10-11,14-15H2,1-3H3,(H,25,29)/t20-/m1/s1. The molecule has 0 spiro atoms. The number of thiophene rings is 1. The summed E-state index contributed by atoms with van der Waals surface area (Å²) in [5.74, 6) is 0.670. The average molecular weight is 464 g/mol. The van der Waals surface area contributed by atoms with Crippen molar-refractivity contribution in [3.63, 3.8) is 0 Å². The Bertz CT molecular complexity index is 917. The van der Waals surface area contributed by atoms with Crippen LogP contribution in [0.5, 0.6) is 5.75 Å². The number of nitrogens with zero attached hydrogens (tertiary/aromatic N) is 2. The van der Waals surface area contributed by atoms with E-state index < -0.39 is 0 Å². The quantitative estimate of drug-likeness (QED) is 0.619. The summed E-state index contributed by atoms with van der Waals surface area (Å²) >= 11 is 7.84. The van der Waals surface area contributed by atoms with Crippen LogP contribution in [0.25, 0.3) is 0 Å². The van der Waals surface area contributed by atoms with Gasteiger partial charge in [0.05, 0.1) is 6.04 Å². The van der Waals surface area contributed by atoms with Crippen LogP contribution in [0, 0.1) is 6.92 Å². The van der Waals surface area contributed by atoms with Crippen molar-refractivity contribution in [1.29, 1.82) is 0 Å². The molecule has 0 bridgehead atoms. The third-order valence-corrected chi connectivity index (χ3v) is 6.81. The normalized spacial score (nSPS) is 15.4. The van der Waals surface area contributed by atoms with Gasteiger partial charge in [-0.25, -0.2) is 4.79 Å². The first kappa shape index (κ1) is 23.4. The molecule has 1 aromatic heterocycles. The molecule has 0 fully saturated rings. The number of rotatable bonds is 8. The first-order valence-electron chi connectivity index (χ1n) is 10.7. The van der Waals surface area contributed by atoms with Crippen LogP contribution in [0.4, 0.5) is 4.79 Å². The van der Waals surface area contributed by atoms with Gasteiger partial charge < -0.3 is 19.9 Å². The highest BCUT2D eigenvalue weighted by Crippen LogP contribution is 2.34. The van der Waals surface area contributed by atoms with Gasteiger partial charge in [-0.2, -0.15) is 0 Å². The zero-order chi connectivity index (χ0) is 22.4. The number of fused-ring (bicyclic) bond motifs is 1. The van der Waals surface area contributed by atoms with Crippen molar-refractivity contribution in [3.8, 4) is 5.75 Å². The number of ether oxygens (including phenoxy) is 1. The molecular formula is C23H30ClN3O3S. The Labute approximate surface area is 193 Å². The van der Waals surface area contributed by atoms with Gasteiger partial charge in [-0.15, -0.1) is 11.3 Å². The van der Waals surface area contributed by atoms with Crippen molar-refractivity contribution >= 4 is 34.9 Å². The largest absolute Gasteiger partial charge is 0.491 e. The lowest BCUT2D eigenvalue weighted by molar-refractivity contribution is -0.135. The molecule has 1 aliphatic heterocycles. The maximum atomic E-state index is 13.3. The highest BCUT2D eigenvalue weighted by atomic mass is 35.5. The third-order valence-electron chi connectivity index (χ3n) is 5.39. The van der Waals surface area contributed by atoms with E-state index in [0.29, 0.717) is 31.3 Å².